The number of phenols is 1. The summed E-state index contributed by atoms with van der Waals surface area (Å²) in [5.41, 5.74) is 11.6. The first kappa shape index (κ1) is 43.6. The molecule has 0 fully saturated rings. The van der Waals surface area contributed by atoms with E-state index < -0.39 is 11.3 Å². The van der Waals surface area contributed by atoms with Crippen molar-refractivity contribution in [1.29, 1.82) is 0 Å². The van der Waals surface area contributed by atoms with Gasteiger partial charge in [0.15, 0.2) is 17.2 Å². The Morgan fingerprint density at radius 2 is 1.49 bits per heavy atom. The molecule has 0 aliphatic heterocycles. The number of rotatable bonds is 11. The van der Waals surface area contributed by atoms with Gasteiger partial charge in [0.1, 0.15) is 11.5 Å². The Morgan fingerprint density at radius 3 is 2.04 bits per heavy atom. The Bertz CT molecular complexity index is 2310. The average Bonchev–Trinajstić information content (AvgIpc) is 3.73. The van der Waals surface area contributed by atoms with E-state index in [1.807, 2.05) is 56.3 Å². The maximum atomic E-state index is 12.6. The number of H-pyrrole nitrogens is 1. The summed E-state index contributed by atoms with van der Waals surface area (Å²) in [6, 6.07) is 21.5. The second-order valence-electron chi connectivity index (χ2n) is 16.5. The molecular formula is C45H55Cl2N5O4S. The van der Waals surface area contributed by atoms with Crippen LogP contribution < -0.4 is 13.6 Å². The zero-order valence-corrected chi connectivity index (χ0v) is 37.3. The monoisotopic (exact) mass is 831 g/mol. The van der Waals surface area contributed by atoms with Gasteiger partial charge in [-0.15, -0.1) is 5.10 Å². The fourth-order valence-electron chi connectivity index (χ4n) is 6.42. The molecule has 9 nitrogen and oxygen atoms in total. The fourth-order valence-corrected chi connectivity index (χ4v) is 7.68. The van der Waals surface area contributed by atoms with Crippen LogP contribution in [-0.4, -0.2) is 36.2 Å². The van der Waals surface area contributed by atoms with Crippen LogP contribution in [0.5, 0.6) is 17.2 Å². The number of aromatic nitrogens is 4. The van der Waals surface area contributed by atoms with Gasteiger partial charge in [0.25, 0.3) is 0 Å². The molecule has 2 aromatic heterocycles. The van der Waals surface area contributed by atoms with Crippen molar-refractivity contribution in [3.8, 4) is 28.6 Å². The van der Waals surface area contributed by atoms with Crippen LogP contribution in [0.15, 0.2) is 66.7 Å². The minimum atomic E-state index is -1.79. The summed E-state index contributed by atoms with van der Waals surface area (Å²) in [7, 11) is 1.55. The number of aromatic hydroxyl groups is 1. The molecule has 0 saturated carbocycles. The Morgan fingerprint density at radius 1 is 0.860 bits per heavy atom. The van der Waals surface area contributed by atoms with E-state index in [4.69, 9.17) is 32.1 Å². The van der Waals surface area contributed by atoms with Crippen molar-refractivity contribution in [1.82, 2.24) is 19.8 Å². The van der Waals surface area contributed by atoms with Crippen molar-refractivity contribution in [2.75, 3.05) is 11.8 Å². The number of methoxy groups -OCH3 is 1. The lowest BCUT2D eigenvalue weighted by molar-refractivity contribution is 0.417. The number of aryl methyl sites for hydroxylation is 2. The van der Waals surface area contributed by atoms with Gasteiger partial charge in [-0.25, -0.2) is 4.98 Å². The van der Waals surface area contributed by atoms with Crippen LogP contribution in [0.4, 0.5) is 5.69 Å². The van der Waals surface area contributed by atoms with Gasteiger partial charge >= 0.3 is 11.3 Å². The van der Waals surface area contributed by atoms with Crippen LogP contribution in [0.3, 0.4) is 0 Å². The van der Waals surface area contributed by atoms with Gasteiger partial charge in [0.2, 0.25) is 0 Å². The van der Waals surface area contributed by atoms with Crippen molar-refractivity contribution < 1.29 is 18.2 Å². The van der Waals surface area contributed by atoms with Gasteiger partial charge in [-0.2, -0.15) is 8.84 Å². The number of hydrogen-bond acceptors (Lipinski definition) is 6. The first-order valence-corrected chi connectivity index (χ1v) is 21.0. The van der Waals surface area contributed by atoms with Crippen molar-refractivity contribution in [2.45, 2.75) is 106 Å². The Kier molecular flexibility index (Phi) is 13.7. The summed E-state index contributed by atoms with van der Waals surface area (Å²) in [6.45, 7) is 23.7. The van der Waals surface area contributed by atoms with E-state index in [1.54, 1.807) is 23.9 Å². The van der Waals surface area contributed by atoms with Crippen LogP contribution in [0.2, 0.25) is 10.0 Å². The molecule has 6 aromatic rings. The molecule has 2 heterocycles. The molecule has 0 radical (unpaired) electrons. The van der Waals surface area contributed by atoms with Gasteiger partial charge in [-0.3, -0.25) is 9.82 Å². The molecule has 0 spiro atoms. The zero-order valence-electron chi connectivity index (χ0n) is 35.0. The van der Waals surface area contributed by atoms with Crippen LogP contribution in [-0.2, 0) is 23.1 Å². The van der Waals surface area contributed by atoms with Crippen molar-refractivity contribution in [3.63, 3.8) is 0 Å². The highest BCUT2D eigenvalue weighted by Crippen LogP contribution is 2.37. The minimum Gasteiger partial charge on any atom is -0.505 e. The normalized spacial score (nSPS) is 12.3. The summed E-state index contributed by atoms with van der Waals surface area (Å²) >= 11 is 10.5. The number of nitrogens with one attached hydrogen (secondary N) is 2. The number of benzene rings is 4. The standard InChI is InChI=1S/C23H27N5O3S.C22H28Cl2O/c1-14-7-8-15(2)18(11-14)31-32(29)27-17-10-9-16(12-19(17)30-6)22-24-21-13-20(23(3,4)5)25-28(21)26-22;1-12(2)16-10-17(13(3)4)19(18(11-16)14(5)6)7-15-8-20(23)22(25)21(24)9-15/h7-13,25,27H,1-6H3;8-14,25H,7H2,1-6H3. The number of nitrogens with zero attached hydrogens (tertiary/aromatic N) is 3. The van der Waals surface area contributed by atoms with E-state index >= 15 is 0 Å². The van der Waals surface area contributed by atoms with Gasteiger partial charge in [0.05, 0.1) is 22.8 Å². The average molecular weight is 833 g/mol. The Hall–Kier alpha value is -4.51. The van der Waals surface area contributed by atoms with Gasteiger partial charge in [-0.05, 0) is 113 Å². The Balaban J connectivity index is 0.000000225. The minimum absolute atomic E-state index is 0.0201. The fraction of sp³-hybridized carbons (Fsp3) is 0.378. The van der Waals surface area contributed by atoms with Crippen LogP contribution in [0.25, 0.3) is 17.0 Å². The number of fused-ring (bicyclic) bond motifs is 1. The smallest absolute Gasteiger partial charge is 0.316 e. The third-order valence-electron chi connectivity index (χ3n) is 9.81. The van der Waals surface area contributed by atoms with Gasteiger partial charge < -0.3 is 14.0 Å². The lowest BCUT2D eigenvalue weighted by Gasteiger charge is -2.23. The van der Waals surface area contributed by atoms with Crippen LogP contribution in [0.1, 0.15) is 125 Å². The topological polar surface area (TPSA) is 114 Å². The van der Waals surface area contributed by atoms with Crippen molar-refractivity contribution in [3.05, 3.63) is 121 Å². The van der Waals surface area contributed by atoms with Crippen molar-refractivity contribution in [2.24, 2.45) is 0 Å². The molecule has 57 heavy (non-hydrogen) atoms. The van der Waals surface area contributed by atoms with Crippen molar-refractivity contribution >= 4 is 45.8 Å². The molecule has 0 aliphatic rings. The molecule has 304 valence electrons. The second kappa shape index (κ2) is 18.0. The third kappa shape index (κ3) is 10.5. The lowest BCUT2D eigenvalue weighted by Crippen LogP contribution is -2.12. The lowest BCUT2D eigenvalue weighted by atomic mass is 9.82. The van der Waals surface area contributed by atoms with E-state index in [0.717, 1.165) is 40.0 Å². The number of aromatic amines is 1. The number of ether oxygens (including phenoxy) is 1. The van der Waals surface area contributed by atoms with E-state index in [2.05, 4.69) is 94.3 Å². The van der Waals surface area contributed by atoms with E-state index in [1.165, 1.54) is 22.3 Å². The summed E-state index contributed by atoms with van der Waals surface area (Å²) < 4.78 is 28.2. The third-order valence-corrected chi connectivity index (χ3v) is 11.1. The van der Waals surface area contributed by atoms with Gasteiger partial charge in [0, 0.05) is 22.7 Å². The summed E-state index contributed by atoms with van der Waals surface area (Å²) in [5.74, 6) is 2.97. The number of anilines is 1. The molecule has 1 unspecified atom stereocenters. The highest BCUT2D eigenvalue weighted by molar-refractivity contribution is 7.82. The molecule has 0 bridgehead atoms. The number of halogens is 2. The Labute approximate surface area is 349 Å². The molecule has 3 N–H and O–H groups in total. The van der Waals surface area contributed by atoms with Crippen LogP contribution in [0, 0.1) is 13.8 Å². The maximum Gasteiger partial charge on any atom is 0.316 e. The SMILES string of the molecule is CC(C)c1cc(C(C)C)c(Cc2cc(Cl)c(O)c(Cl)c2)c(C(C)C)c1.COc1cc(-c2nc3cc(C(C)(C)C)[nH]n3n2)ccc1NS(=O)Oc1cc(C)ccc1C. The molecule has 4 aromatic carbocycles. The summed E-state index contributed by atoms with van der Waals surface area (Å²) in [6.07, 6.45) is 0.763. The summed E-state index contributed by atoms with van der Waals surface area (Å²) in [4.78, 5) is 4.62. The van der Waals surface area contributed by atoms with Crippen LogP contribution >= 0.6 is 23.2 Å². The largest absolute Gasteiger partial charge is 0.505 e. The predicted molar refractivity (Wildman–Crippen MR) is 236 cm³/mol. The molecule has 1 atom stereocenters. The number of phenolic OH excluding ortho intramolecular Hbond substituents is 1. The molecule has 12 heteroatoms. The van der Waals surface area contributed by atoms with Gasteiger partial charge in [-0.1, -0.05) is 110 Å². The predicted octanol–water partition coefficient (Wildman–Crippen LogP) is 12.4. The van der Waals surface area contributed by atoms with E-state index in [9.17, 15) is 9.32 Å². The summed E-state index contributed by atoms with van der Waals surface area (Å²) in [5, 5.41) is 18.2. The first-order chi connectivity index (χ1) is 26.7. The zero-order chi connectivity index (χ0) is 41.9. The maximum absolute atomic E-state index is 12.6. The molecule has 6 rings (SSSR count). The molecule has 0 amide bonds. The second-order valence-corrected chi connectivity index (χ2v) is 18.1. The first-order valence-electron chi connectivity index (χ1n) is 19.2. The molecular weight excluding hydrogens is 777 g/mol. The molecule has 0 saturated heterocycles. The highest BCUT2D eigenvalue weighted by atomic mass is 35.5. The van der Waals surface area contributed by atoms with E-state index in [-0.39, 0.29) is 11.2 Å². The molecule has 0 aliphatic carbocycles. The van der Waals surface area contributed by atoms with E-state index in [0.29, 0.717) is 50.8 Å². The highest BCUT2D eigenvalue weighted by Gasteiger charge is 2.21. The quantitative estimate of drug-likeness (QED) is 0.120. The number of hydrogen-bond donors (Lipinski definition) is 3.